The van der Waals surface area contributed by atoms with Gasteiger partial charge in [0.2, 0.25) is 5.95 Å². The molecule has 1 aliphatic heterocycles. The van der Waals surface area contributed by atoms with Crippen LogP contribution >= 0.6 is 0 Å². The van der Waals surface area contributed by atoms with Gasteiger partial charge in [-0.3, -0.25) is 4.68 Å². The molecule has 9 heteroatoms. The number of hydrogen-bond acceptors (Lipinski definition) is 7. The number of aromatic nitrogens is 4. The summed E-state index contributed by atoms with van der Waals surface area (Å²) in [5, 5.41) is 7.46. The molecule has 0 atom stereocenters. The Labute approximate surface area is 194 Å². The molecule has 0 amide bonds. The average Bonchev–Trinajstić information content (AvgIpc) is 3.31. The summed E-state index contributed by atoms with van der Waals surface area (Å²) < 4.78 is 21.9. The fourth-order valence-corrected chi connectivity index (χ4v) is 4.14. The van der Waals surface area contributed by atoms with Gasteiger partial charge in [-0.2, -0.15) is 5.10 Å². The van der Waals surface area contributed by atoms with Gasteiger partial charge < -0.3 is 19.9 Å². The average molecular weight is 454 g/mol. The molecule has 0 bridgehead atoms. The van der Waals surface area contributed by atoms with Crippen LogP contribution < -0.4 is 15.0 Å². The largest absolute Gasteiger partial charge is 0.495 e. The fourth-order valence-electron chi connectivity index (χ4n) is 4.14. The molecule has 0 saturated carbocycles. The molecule has 0 aliphatic carbocycles. The van der Waals surface area contributed by atoms with E-state index in [0.29, 0.717) is 17.6 Å². The Morgan fingerprint density at radius 3 is 2.58 bits per heavy atom. The highest BCUT2D eigenvalue weighted by Gasteiger charge is 2.23. The molecule has 33 heavy (non-hydrogen) atoms. The van der Waals surface area contributed by atoms with Crippen molar-refractivity contribution in [3.8, 4) is 17.0 Å². The third-order valence-electron chi connectivity index (χ3n) is 6.12. The van der Waals surface area contributed by atoms with Crippen molar-refractivity contribution < 1.29 is 9.13 Å². The topological polar surface area (TPSA) is 71.3 Å². The minimum atomic E-state index is -0.488. The van der Waals surface area contributed by atoms with Gasteiger partial charge in [0.15, 0.2) is 5.82 Å². The smallest absolute Gasteiger partial charge is 0.227 e. The third kappa shape index (κ3) is 5.08. The molecular weight excluding hydrogens is 421 g/mol. The highest BCUT2D eigenvalue weighted by Crippen LogP contribution is 2.34. The Morgan fingerprint density at radius 2 is 1.94 bits per heavy atom. The molecule has 4 rings (SSSR count). The number of rotatable bonds is 7. The van der Waals surface area contributed by atoms with Crippen LogP contribution in [0.15, 0.2) is 36.8 Å². The van der Waals surface area contributed by atoms with Crippen molar-refractivity contribution >= 4 is 17.3 Å². The first-order valence-electron chi connectivity index (χ1n) is 11.3. The number of nitrogens with zero attached hydrogens (tertiary/aromatic N) is 6. The molecule has 8 nitrogen and oxygen atoms in total. The van der Waals surface area contributed by atoms with E-state index in [2.05, 4.69) is 44.3 Å². The Kier molecular flexibility index (Phi) is 6.78. The molecule has 0 unspecified atom stereocenters. The molecule has 0 spiro atoms. The van der Waals surface area contributed by atoms with Gasteiger partial charge in [-0.25, -0.2) is 14.4 Å². The van der Waals surface area contributed by atoms with Crippen molar-refractivity contribution in [1.29, 1.82) is 0 Å². The van der Waals surface area contributed by atoms with E-state index < -0.39 is 5.82 Å². The monoisotopic (exact) mass is 453 g/mol. The number of nitrogens with one attached hydrogen (secondary N) is 1. The molecule has 176 valence electrons. The summed E-state index contributed by atoms with van der Waals surface area (Å²) in [5.41, 5.74) is 2.67. The summed E-state index contributed by atoms with van der Waals surface area (Å²) in [6.45, 7) is 6.00. The summed E-state index contributed by atoms with van der Waals surface area (Å²) in [6, 6.07) is 6.75. The first-order valence-corrected chi connectivity index (χ1v) is 11.3. The van der Waals surface area contributed by atoms with Gasteiger partial charge >= 0.3 is 0 Å². The molecule has 1 N–H and O–H groups in total. The molecule has 0 radical (unpaired) electrons. The van der Waals surface area contributed by atoms with Crippen LogP contribution in [0.2, 0.25) is 0 Å². The Morgan fingerprint density at radius 1 is 1.18 bits per heavy atom. The van der Waals surface area contributed by atoms with E-state index in [1.165, 1.54) is 6.20 Å². The standard InChI is InChI=1S/C24H32FN7O/c1-16(2)32-15-17(13-27-32)23-20(25)14-26-24(29-23)28-18-6-7-21(22(12-18)33-5)31-10-8-19(9-11-31)30(3)4/h6-7,12-16,19H,8-11H2,1-5H3,(H,26,28,29). The molecular formula is C24H32FN7O. The van der Waals surface area contributed by atoms with Crippen molar-refractivity contribution in [3.63, 3.8) is 0 Å². The minimum absolute atomic E-state index is 0.181. The Hall–Kier alpha value is -3.20. The summed E-state index contributed by atoms with van der Waals surface area (Å²) in [5.74, 6) is 0.604. The summed E-state index contributed by atoms with van der Waals surface area (Å²) in [6.07, 6.45) is 6.83. The molecule has 1 saturated heterocycles. The van der Waals surface area contributed by atoms with Crippen molar-refractivity contribution in [2.75, 3.05) is 44.5 Å². The first kappa shape index (κ1) is 23.0. The van der Waals surface area contributed by atoms with Crippen LogP contribution in [0.4, 0.5) is 21.7 Å². The zero-order chi connectivity index (χ0) is 23.5. The number of ether oxygens (including phenoxy) is 1. The van der Waals surface area contributed by atoms with Crippen molar-refractivity contribution in [3.05, 3.63) is 42.6 Å². The maximum absolute atomic E-state index is 14.4. The molecule has 3 heterocycles. The maximum atomic E-state index is 14.4. The highest BCUT2D eigenvalue weighted by atomic mass is 19.1. The molecule has 2 aromatic heterocycles. The van der Waals surface area contributed by atoms with Gasteiger partial charge in [-0.15, -0.1) is 0 Å². The summed E-state index contributed by atoms with van der Waals surface area (Å²) in [7, 11) is 5.95. The van der Waals surface area contributed by atoms with E-state index in [1.54, 1.807) is 24.2 Å². The lowest BCUT2D eigenvalue weighted by Crippen LogP contribution is -2.42. The number of methoxy groups -OCH3 is 1. The second-order valence-corrected chi connectivity index (χ2v) is 8.89. The molecule has 3 aromatic rings. The van der Waals surface area contributed by atoms with Crippen molar-refractivity contribution in [2.45, 2.75) is 38.8 Å². The minimum Gasteiger partial charge on any atom is -0.495 e. The summed E-state index contributed by atoms with van der Waals surface area (Å²) >= 11 is 0. The van der Waals surface area contributed by atoms with Gasteiger partial charge in [0.25, 0.3) is 0 Å². The third-order valence-corrected chi connectivity index (χ3v) is 6.12. The van der Waals surface area contributed by atoms with Gasteiger partial charge in [0.1, 0.15) is 11.4 Å². The van der Waals surface area contributed by atoms with E-state index in [0.717, 1.165) is 43.1 Å². The van der Waals surface area contributed by atoms with E-state index in [4.69, 9.17) is 4.74 Å². The normalized spacial score (nSPS) is 14.8. The van der Waals surface area contributed by atoms with Gasteiger partial charge in [-0.1, -0.05) is 0 Å². The zero-order valence-corrected chi connectivity index (χ0v) is 19.9. The van der Waals surface area contributed by atoms with Gasteiger partial charge in [-0.05, 0) is 52.9 Å². The second kappa shape index (κ2) is 9.74. The molecule has 1 aromatic carbocycles. The van der Waals surface area contributed by atoms with Crippen LogP contribution in [-0.4, -0.2) is 65.0 Å². The lowest BCUT2D eigenvalue weighted by atomic mass is 10.0. The van der Waals surface area contributed by atoms with E-state index in [1.807, 2.05) is 32.0 Å². The Bertz CT molecular complexity index is 1090. The van der Waals surface area contributed by atoms with Crippen LogP contribution in [0, 0.1) is 5.82 Å². The molecule has 1 fully saturated rings. The predicted octanol–water partition coefficient (Wildman–Crippen LogP) is 4.34. The van der Waals surface area contributed by atoms with E-state index in [-0.39, 0.29) is 11.7 Å². The van der Waals surface area contributed by atoms with Crippen molar-refractivity contribution in [2.24, 2.45) is 0 Å². The summed E-state index contributed by atoms with van der Waals surface area (Å²) in [4.78, 5) is 13.2. The van der Waals surface area contributed by atoms with Crippen LogP contribution in [0.25, 0.3) is 11.3 Å². The highest BCUT2D eigenvalue weighted by molar-refractivity contribution is 5.68. The number of piperidine rings is 1. The maximum Gasteiger partial charge on any atom is 0.227 e. The lowest BCUT2D eigenvalue weighted by molar-refractivity contribution is 0.249. The van der Waals surface area contributed by atoms with Crippen LogP contribution in [0.1, 0.15) is 32.7 Å². The first-order chi connectivity index (χ1) is 15.9. The van der Waals surface area contributed by atoms with Crippen LogP contribution in [0.5, 0.6) is 5.75 Å². The Balaban J connectivity index is 1.52. The number of anilines is 3. The quantitative estimate of drug-likeness (QED) is 0.570. The van der Waals surface area contributed by atoms with Gasteiger partial charge in [0, 0.05) is 48.7 Å². The fraction of sp³-hybridized carbons (Fsp3) is 0.458. The zero-order valence-electron chi connectivity index (χ0n) is 19.9. The van der Waals surface area contributed by atoms with E-state index >= 15 is 0 Å². The number of hydrogen-bond donors (Lipinski definition) is 1. The second-order valence-electron chi connectivity index (χ2n) is 8.89. The van der Waals surface area contributed by atoms with Gasteiger partial charge in [0.05, 0.1) is 25.2 Å². The SMILES string of the molecule is COc1cc(Nc2ncc(F)c(-c3cnn(C(C)C)c3)n2)ccc1N1CCC(N(C)C)CC1. The molecule has 1 aliphatic rings. The van der Waals surface area contributed by atoms with E-state index in [9.17, 15) is 4.39 Å². The van der Waals surface area contributed by atoms with Crippen molar-refractivity contribution in [1.82, 2.24) is 24.6 Å². The van der Waals surface area contributed by atoms with Crippen LogP contribution in [-0.2, 0) is 0 Å². The lowest BCUT2D eigenvalue weighted by Gasteiger charge is -2.37. The number of halogens is 1. The predicted molar refractivity (Wildman–Crippen MR) is 129 cm³/mol. The number of benzene rings is 1. The van der Waals surface area contributed by atoms with Crippen LogP contribution in [0.3, 0.4) is 0 Å².